The summed E-state index contributed by atoms with van der Waals surface area (Å²) >= 11 is 0. The number of amides is 2. The molecule has 1 aromatic carbocycles. The van der Waals surface area contributed by atoms with E-state index >= 15 is 0 Å². The van der Waals surface area contributed by atoms with Gasteiger partial charge in [-0.15, -0.1) is 5.10 Å². The monoisotopic (exact) mass is 409 g/mol. The molecular formula is C22H27N5O3. The molecule has 0 spiro atoms. The average molecular weight is 409 g/mol. The Balaban J connectivity index is 1.54. The molecule has 30 heavy (non-hydrogen) atoms. The Morgan fingerprint density at radius 3 is 2.63 bits per heavy atom. The number of benzene rings is 1. The third-order valence-corrected chi connectivity index (χ3v) is 4.85. The molecule has 0 saturated carbocycles. The summed E-state index contributed by atoms with van der Waals surface area (Å²) < 4.78 is 2.87. The molecule has 0 bridgehead atoms. The Hall–Kier alpha value is -3.42. The standard InChI is InChI=1S/C22H27N5O3/c1-15(2)19(24-20(28)17-9-6-8-16(3)14-17)21(29)23-11-7-13-27-22(30)26-12-5-4-10-18(26)25-27/h4-6,8-10,12,14-15,19H,7,11,13H2,1-3H3,(H,23,29)(H,24,28). The molecule has 0 aliphatic rings. The fourth-order valence-corrected chi connectivity index (χ4v) is 3.21. The number of hydrogen-bond donors (Lipinski definition) is 2. The summed E-state index contributed by atoms with van der Waals surface area (Å²) in [5.74, 6) is -0.586. The van der Waals surface area contributed by atoms with Crippen LogP contribution in [0.25, 0.3) is 5.65 Å². The van der Waals surface area contributed by atoms with E-state index in [1.807, 2.05) is 39.0 Å². The topological polar surface area (TPSA) is 97.5 Å². The van der Waals surface area contributed by atoms with E-state index in [1.165, 1.54) is 9.08 Å². The van der Waals surface area contributed by atoms with Crippen LogP contribution in [0.15, 0.2) is 53.5 Å². The molecule has 2 amide bonds. The van der Waals surface area contributed by atoms with E-state index < -0.39 is 6.04 Å². The Labute approximate surface area is 174 Å². The van der Waals surface area contributed by atoms with Crippen molar-refractivity contribution in [2.24, 2.45) is 5.92 Å². The zero-order valence-electron chi connectivity index (χ0n) is 17.5. The largest absolute Gasteiger partial charge is 0.354 e. The molecular weight excluding hydrogens is 382 g/mol. The lowest BCUT2D eigenvalue weighted by molar-refractivity contribution is -0.123. The summed E-state index contributed by atoms with van der Waals surface area (Å²) in [4.78, 5) is 37.4. The average Bonchev–Trinajstić information content (AvgIpc) is 3.04. The number of nitrogens with zero attached hydrogens (tertiary/aromatic N) is 3. The molecule has 2 N–H and O–H groups in total. The molecule has 1 atom stereocenters. The van der Waals surface area contributed by atoms with Crippen LogP contribution in [-0.4, -0.2) is 38.6 Å². The number of pyridine rings is 1. The van der Waals surface area contributed by atoms with Crippen LogP contribution in [0.5, 0.6) is 0 Å². The highest BCUT2D eigenvalue weighted by Gasteiger charge is 2.24. The number of hydrogen-bond acceptors (Lipinski definition) is 4. The maximum absolute atomic E-state index is 12.6. The highest BCUT2D eigenvalue weighted by Crippen LogP contribution is 2.07. The lowest BCUT2D eigenvalue weighted by Gasteiger charge is -2.22. The number of rotatable bonds is 8. The van der Waals surface area contributed by atoms with E-state index in [9.17, 15) is 14.4 Å². The van der Waals surface area contributed by atoms with E-state index in [2.05, 4.69) is 15.7 Å². The molecule has 2 heterocycles. The van der Waals surface area contributed by atoms with Crippen molar-refractivity contribution in [3.8, 4) is 0 Å². The van der Waals surface area contributed by atoms with Crippen LogP contribution in [0, 0.1) is 12.8 Å². The Morgan fingerprint density at radius 1 is 1.13 bits per heavy atom. The van der Waals surface area contributed by atoms with Crippen molar-refractivity contribution < 1.29 is 9.59 Å². The second-order valence-corrected chi connectivity index (χ2v) is 7.64. The molecule has 0 aliphatic heterocycles. The molecule has 2 aromatic heterocycles. The fourth-order valence-electron chi connectivity index (χ4n) is 3.21. The lowest BCUT2D eigenvalue weighted by Crippen LogP contribution is -2.50. The lowest BCUT2D eigenvalue weighted by atomic mass is 10.0. The van der Waals surface area contributed by atoms with Gasteiger partial charge in [-0.3, -0.25) is 14.0 Å². The number of aromatic nitrogens is 3. The number of aryl methyl sites for hydroxylation is 2. The minimum atomic E-state index is -0.643. The predicted molar refractivity (Wildman–Crippen MR) is 114 cm³/mol. The summed E-state index contributed by atoms with van der Waals surface area (Å²) in [6.07, 6.45) is 2.22. The van der Waals surface area contributed by atoms with E-state index in [4.69, 9.17) is 0 Å². The number of nitrogens with one attached hydrogen (secondary N) is 2. The van der Waals surface area contributed by atoms with Crippen LogP contribution in [0.3, 0.4) is 0 Å². The van der Waals surface area contributed by atoms with Crippen molar-refractivity contribution in [1.29, 1.82) is 0 Å². The summed E-state index contributed by atoms with van der Waals surface area (Å²) in [7, 11) is 0. The Kier molecular flexibility index (Phi) is 6.66. The van der Waals surface area contributed by atoms with Gasteiger partial charge in [-0.2, -0.15) is 0 Å². The number of carbonyl (C=O) groups excluding carboxylic acids is 2. The molecule has 3 rings (SSSR count). The van der Waals surface area contributed by atoms with Crippen LogP contribution < -0.4 is 16.3 Å². The van der Waals surface area contributed by atoms with Crippen LogP contribution in [0.2, 0.25) is 0 Å². The summed E-state index contributed by atoms with van der Waals surface area (Å²) in [6.45, 7) is 6.46. The molecule has 8 nitrogen and oxygen atoms in total. The van der Waals surface area contributed by atoms with Crippen LogP contribution >= 0.6 is 0 Å². The predicted octanol–water partition coefficient (Wildman–Crippen LogP) is 1.77. The normalized spacial score (nSPS) is 12.1. The van der Waals surface area contributed by atoms with Gasteiger partial charge in [0.2, 0.25) is 5.91 Å². The van der Waals surface area contributed by atoms with Gasteiger partial charge in [0.1, 0.15) is 6.04 Å². The maximum atomic E-state index is 12.6. The van der Waals surface area contributed by atoms with Gasteiger partial charge in [0.05, 0.1) is 0 Å². The zero-order chi connectivity index (χ0) is 21.7. The highest BCUT2D eigenvalue weighted by atomic mass is 16.2. The quantitative estimate of drug-likeness (QED) is 0.554. The molecule has 0 aliphatic carbocycles. The van der Waals surface area contributed by atoms with Crippen LogP contribution in [0.4, 0.5) is 0 Å². The first-order valence-electron chi connectivity index (χ1n) is 10.1. The van der Waals surface area contributed by atoms with Crippen molar-refractivity contribution in [3.63, 3.8) is 0 Å². The van der Waals surface area contributed by atoms with Gasteiger partial charge in [-0.25, -0.2) is 9.48 Å². The first-order chi connectivity index (χ1) is 14.4. The minimum Gasteiger partial charge on any atom is -0.354 e. The fraction of sp³-hybridized carbons (Fsp3) is 0.364. The highest BCUT2D eigenvalue weighted by molar-refractivity contribution is 5.97. The maximum Gasteiger partial charge on any atom is 0.350 e. The smallest absolute Gasteiger partial charge is 0.350 e. The minimum absolute atomic E-state index is 0.0696. The Morgan fingerprint density at radius 2 is 1.93 bits per heavy atom. The number of fused-ring (bicyclic) bond motifs is 1. The summed E-state index contributed by atoms with van der Waals surface area (Å²) in [6, 6.07) is 12.0. The van der Waals surface area contributed by atoms with E-state index in [1.54, 1.807) is 30.5 Å². The van der Waals surface area contributed by atoms with Crippen molar-refractivity contribution in [2.75, 3.05) is 6.54 Å². The van der Waals surface area contributed by atoms with Gasteiger partial charge in [0, 0.05) is 24.8 Å². The Bertz CT molecular complexity index is 1100. The van der Waals surface area contributed by atoms with Crippen LogP contribution in [-0.2, 0) is 11.3 Å². The van der Waals surface area contributed by atoms with Gasteiger partial charge >= 0.3 is 5.69 Å². The second kappa shape index (κ2) is 9.39. The first-order valence-corrected chi connectivity index (χ1v) is 10.1. The van der Waals surface area contributed by atoms with Crippen molar-refractivity contribution in [3.05, 3.63) is 70.3 Å². The van der Waals surface area contributed by atoms with Crippen molar-refractivity contribution >= 4 is 17.5 Å². The molecule has 0 saturated heterocycles. The number of carbonyl (C=O) groups is 2. The summed E-state index contributed by atoms with van der Waals surface area (Å²) in [5, 5.41) is 9.95. The molecule has 8 heteroatoms. The first kappa shape index (κ1) is 21.3. The van der Waals surface area contributed by atoms with Gasteiger partial charge in [0.15, 0.2) is 5.65 Å². The SMILES string of the molecule is Cc1cccc(C(=O)NC(C(=O)NCCCn2nc3ccccn3c2=O)C(C)C)c1. The third-order valence-electron chi connectivity index (χ3n) is 4.85. The van der Waals surface area contributed by atoms with Crippen molar-refractivity contribution in [1.82, 2.24) is 24.8 Å². The van der Waals surface area contributed by atoms with E-state index in [0.29, 0.717) is 30.7 Å². The van der Waals surface area contributed by atoms with Crippen LogP contribution in [0.1, 0.15) is 36.2 Å². The third kappa shape index (κ3) is 4.94. The zero-order valence-corrected chi connectivity index (χ0v) is 17.5. The van der Waals surface area contributed by atoms with Gasteiger partial charge < -0.3 is 10.6 Å². The van der Waals surface area contributed by atoms with E-state index in [0.717, 1.165) is 5.56 Å². The van der Waals surface area contributed by atoms with Gasteiger partial charge in [-0.05, 0) is 43.5 Å². The molecule has 158 valence electrons. The molecule has 0 fully saturated rings. The molecule has 3 aromatic rings. The van der Waals surface area contributed by atoms with Gasteiger partial charge in [-0.1, -0.05) is 37.6 Å². The van der Waals surface area contributed by atoms with Crippen molar-refractivity contribution in [2.45, 2.75) is 39.8 Å². The van der Waals surface area contributed by atoms with E-state index in [-0.39, 0.29) is 23.4 Å². The second-order valence-electron chi connectivity index (χ2n) is 7.64. The summed E-state index contributed by atoms with van der Waals surface area (Å²) in [5.41, 5.74) is 1.89. The molecule has 1 unspecified atom stereocenters. The van der Waals surface area contributed by atoms with Gasteiger partial charge in [0.25, 0.3) is 5.91 Å². The molecule has 0 radical (unpaired) electrons.